The maximum atomic E-state index is 9.69. The summed E-state index contributed by atoms with van der Waals surface area (Å²) in [6.07, 6.45) is 7.66. The van der Waals surface area contributed by atoms with Crippen LogP contribution in [0.5, 0.6) is 5.75 Å². The molecule has 0 bridgehead atoms. The lowest BCUT2D eigenvalue weighted by molar-refractivity contribution is 0.348. The third-order valence-corrected chi connectivity index (χ3v) is 4.72. The van der Waals surface area contributed by atoms with Gasteiger partial charge in [-0.15, -0.1) is 0 Å². The number of phenols is 1. The zero-order valence-corrected chi connectivity index (χ0v) is 11.2. The molecule has 0 aliphatic heterocycles. The molecule has 0 heterocycles. The highest BCUT2D eigenvalue weighted by Gasteiger charge is 2.28. The molecule has 0 aromatic heterocycles. The maximum Gasteiger partial charge on any atom is 0.115 e. The quantitative estimate of drug-likeness (QED) is 0.835. The second-order valence-corrected chi connectivity index (χ2v) is 6.01. The molecule has 1 aromatic rings. The first-order chi connectivity index (χ1) is 8.74. The molecule has 0 spiro atoms. The van der Waals surface area contributed by atoms with Gasteiger partial charge in [0.1, 0.15) is 5.75 Å². The third kappa shape index (κ3) is 2.26. The van der Waals surface area contributed by atoms with Gasteiger partial charge in [-0.25, -0.2) is 0 Å². The third-order valence-electron chi connectivity index (χ3n) is 4.72. The predicted octanol–water partition coefficient (Wildman–Crippen LogP) is 3.55. The highest BCUT2D eigenvalue weighted by atomic mass is 16.3. The van der Waals surface area contributed by atoms with Crippen molar-refractivity contribution >= 4 is 0 Å². The van der Waals surface area contributed by atoms with Crippen molar-refractivity contribution in [2.24, 2.45) is 5.92 Å². The lowest BCUT2D eigenvalue weighted by Gasteiger charge is -2.30. The van der Waals surface area contributed by atoms with Crippen LogP contribution in [-0.4, -0.2) is 11.1 Å². The Hall–Kier alpha value is -1.02. The van der Waals surface area contributed by atoms with E-state index in [1.54, 1.807) is 0 Å². The summed E-state index contributed by atoms with van der Waals surface area (Å²) in [4.78, 5) is 0. The summed E-state index contributed by atoms with van der Waals surface area (Å²) < 4.78 is 0. The Morgan fingerprint density at radius 3 is 2.83 bits per heavy atom. The molecule has 18 heavy (non-hydrogen) atoms. The molecule has 1 fully saturated rings. The number of benzene rings is 1. The molecule has 0 amide bonds. The summed E-state index contributed by atoms with van der Waals surface area (Å²) in [6.45, 7) is 2.36. The first-order valence-corrected chi connectivity index (χ1v) is 7.32. The predicted molar refractivity (Wildman–Crippen MR) is 73.7 cm³/mol. The van der Waals surface area contributed by atoms with E-state index in [0.29, 0.717) is 17.8 Å². The average Bonchev–Trinajstić information content (AvgIpc) is 2.76. The van der Waals surface area contributed by atoms with Gasteiger partial charge < -0.3 is 10.4 Å². The van der Waals surface area contributed by atoms with E-state index >= 15 is 0 Å². The van der Waals surface area contributed by atoms with E-state index in [4.69, 9.17) is 0 Å². The van der Waals surface area contributed by atoms with E-state index in [1.165, 1.54) is 43.2 Å². The standard InChI is InChI=1S/C16H23NO/c1-11-4-2-6-15(11)17-16-7-3-5-12-8-9-13(18)10-14(12)16/h8-11,15-18H,2-7H2,1H3. The Kier molecular flexibility index (Phi) is 3.29. The number of fused-ring (bicyclic) bond motifs is 1. The summed E-state index contributed by atoms with van der Waals surface area (Å²) in [7, 11) is 0. The lowest BCUT2D eigenvalue weighted by atomic mass is 9.86. The molecule has 2 heteroatoms. The Morgan fingerprint density at radius 1 is 1.17 bits per heavy atom. The molecular weight excluding hydrogens is 222 g/mol. The Morgan fingerprint density at radius 2 is 2.06 bits per heavy atom. The summed E-state index contributed by atoms with van der Waals surface area (Å²) >= 11 is 0. The fourth-order valence-corrected chi connectivity index (χ4v) is 3.61. The second-order valence-electron chi connectivity index (χ2n) is 6.01. The zero-order chi connectivity index (χ0) is 12.5. The molecule has 1 saturated carbocycles. The minimum absolute atomic E-state index is 0.405. The van der Waals surface area contributed by atoms with Crippen LogP contribution in [0.15, 0.2) is 18.2 Å². The highest BCUT2D eigenvalue weighted by molar-refractivity contribution is 5.38. The van der Waals surface area contributed by atoms with Gasteiger partial charge in [-0.05, 0) is 61.3 Å². The smallest absolute Gasteiger partial charge is 0.115 e. The van der Waals surface area contributed by atoms with E-state index in [-0.39, 0.29) is 0 Å². The minimum atomic E-state index is 0.405. The van der Waals surface area contributed by atoms with Crippen molar-refractivity contribution in [3.05, 3.63) is 29.3 Å². The van der Waals surface area contributed by atoms with Crippen LogP contribution in [0.4, 0.5) is 0 Å². The monoisotopic (exact) mass is 245 g/mol. The minimum Gasteiger partial charge on any atom is -0.508 e. The van der Waals surface area contributed by atoms with Crippen molar-refractivity contribution in [2.75, 3.05) is 0 Å². The Labute approximate surface area is 109 Å². The number of aryl methyl sites for hydroxylation is 1. The highest BCUT2D eigenvalue weighted by Crippen LogP contribution is 2.35. The van der Waals surface area contributed by atoms with Gasteiger partial charge >= 0.3 is 0 Å². The summed E-state index contributed by atoms with van der Waals surface area (Å²) in [5.74, 6) is 1.20. The van der Waals surface area contributed by atoms with Crippen LogP contribution in [0, 0.1) is 5.92 Å². The van der Waals surface area contributed by atoms with Crippen molar-refractivity contribution in [2.45, 2.75) is 57.5 Å². The molecule has 1 aromatic carbocycles. The van der Waals surface area contributed by atoms with Crippen molar-refractivity contribution in [1.29, 1.82) is 0 Å². The van der Waals surface area contributed by atoms with Gasteiger partial charge in [-0.3, -0.25) is 0 Å². The fraction of sp³-hybridized carbons (Fsp3) is 0.625. The van der Waals surface area contributed by atoms with Gasteiger partial charge in [0.15, 0.2) is 0 Å². The molecular formula is C16H23NO. The van der Waals surface area contributed by atoms with Gasteiger partial charge in [-0.2, -0.15) is 0 Å². The first kappa shape index (κ1) is 12.0. The number of aromatic hydroxyl groups is 1. The van der Waals surface area contributed by atoms with Gasteiger partial charge in [0.05, 0.1) is 0 Å². The Balaban J connectivity index is 1.80. The topological polar surface area (TPSA) is 32.3 Å². The van der Waals surface area contributed by atoms with E-state index in [9.17, 15) is 5.11 Å². The number of rotatable bonds is 2. The Bertz CT molecular complexity index is 429. The summed E-state index contributed by atoms with van der Waals surface area (Å²) in [5, 5.41) is 13.5. The number of hydrogen-bond acceptors (Lipinski definition) is 2. The molecule has 2 nitrogen and oxygen atoms in total. The van der Waals surface area contributed by atoms with Crippen LogP contribution in [0.3, 0.4) is 0 Å². The van der Waals surface area contributed by atoms with Crippen LogP contribution in [0.25, 0.3) is 0 Å². The van der Waals surface area contributed by atoms with Gasteiger partial charge in [0.2, 0.25) is 0 Å². The van der Waals surface area contributed by atoms with E-state index in [1.807, 2.05) is 12.1 Å². The molecule has 3 atom stereocenters. The van der Waals surface area contributed by atoms with Crippen molar-refractivity contribution in [3.8, 4) is 5.75 Å². The fourth-order valence-electron chi connectivity index (χ4n) is 3.61. The van der Waals surface area contributed by atoms with Crippen molar-refractivity contribution < 1.29 is 5.11 Å². The van der Waals surface area contributed by atoms with Crippen molar-refractivity contribution in [3.63, 3.8) is 0 Å². The van der Waals surface area contributed by atoms with E-state index in [0.717, 1.165) is 12.3 Å². The number of hydrogen-bond donors (Lipinski definition) is 2. The van der Waals surface area contributed by atoms with Gasteiger partial charge in [0, 0.05) is 12.1 Å². The molecule has 2 aliphatic rings. The van der Waals surface area contributed by atoms with Crippen LogP contribution < -0.4 is 5.32 Å². The number of phenolic OH excluding ortho intramolecular Hbond substituents is 1. The molecule has 98 valence electrons. The van der Waals surface area contributed by atoms with Gasteiger partial charge in [-0.1, -0.05) is 19.4 Å². The molecule has 3 unspecified atom stereocenters. The van der Waals surface area contributed by atoms with E-state index in [2.05, 4.69) is 18.3 Å². The average molecular weight is 245 g/mol. The van der Waals surface area contributed by atoms with Crippen LogP contribution in [0.2, 0.25) is 0 Å². The maximum absolute atomic E-state index is 9.69. The SMILES string of the molecule is CC1CCCC1NC1CCCc2ccc(O)cc21. The molecule has 0 saturated heterocycles. The zero-order valence-electron chi connectivity index (χ0n) is 11.2. The molecule has 2 aliphatic carbocycles. The summed E-state index contributed by atoms with van der Waals surface area (Å²) in [6, 6.07) is 7.00. The second kappa shape index (κ2) is 4.93. The van der Waals surface area contributed by atoms with Crippen LogP contribution in [0.1, 0.15) is 56.2 Å². The van der Waals surface area contributed by atoms with Gasteiger partial charge in [0.25, 0.3) is 0 Å². The molecule has 0 radical (unpaired) electrons. The summed E-state index contributed by atoms with van der Waals surface area (Å²) in [5.41, 5.74) is 2.75. The molecule has 3 rings (SSSR count). The van der Waals surface area contributed by atoms with Crippen molar-refractivity contribution in [1.82, 2.24) is 5.32 Å². The number of nitrogens with one attached hydrogen (secondary N) is 1. The van der Waals surface area contributed by atoms with Crippen LogP contribution >= 0.6 is 0 Å². The van der Waals surface area contributed by atoms with E-state index < -0.39 is 0 Å². The largest absolute Gasteiger partial charge is 0.508 e. The molecule has 2 N–H and O–H groups in total. The lowest BCUT2D eigenvalue weighted by Crippen LogP contribution is -2.36. The normalized spacial score (nSPS) is 31.3. The van der Waals surface area contributed by atoms with Crippen LogP contribution in [-0.2, 0) is 6.42 Å². The first-order valence-electron chi connectivity index (χ1n) is 7.32.